The summed E-state index contributed by atoms with van der Waals surface area (Å²) in [5.74, 6) is 0.205. The Hall–Kier alpha value is -2.24. The Labute approximate surface area is 155 Å². The van der Waals surface area contributed by atoms with E-state index in [-0.39, 0.29) is 24.7 Å². The number of likely N-dealkylation sites (tertiary alicyclic amines) is 1. The molecular formula is C20H30N2O4. The SMILES string of the molecule is CCCC1CN(C(=O)OCc2ccccc2)CC1NC(=O)OC(C)(C)C. The molecule has 6 nitrogen and oxygen atoms in total. The van der Waals surface area contributed by atoms with Crippen LogP contribution in [0.1, 0.15) is 46.1 Å². The highest BCUT2D eigenvalue weighted by molar-refractivity contribution is 5.70. The summed E-state index contributed by atoms with van der Waals surface area (Å²) in [6.45, 7) is 8.87. The van der Waals surface area contributed by atoms with Crippen molar-refractivity contribution in [2.24, 2.45) is 5.92 Å². The van der Waals surface area contributed by atoms with Gasteiger partial charge in [-0.3, -0.25) is 0 Å². The van der Waals surface area contributed by atoms with Crippen LogP contribution >= 0.6 is 0 Å². The highest BCUT2D eigenvalue weighted by Crippen LogP contribution is 2.23. The van der Waals surface area contributed by atoms with Crippen LogP contribution in [0.4, 0.5) is 9.59 Å². The maximum Gasteiger partial charge on any atom is 0.410 e. The molecular weight excluding hydrogens is 332 g/mol. The van der Waals surface area contributed by atoms with Crippen molar-refractivity contribution in [1.82, 2.24) is 10.2 Å². The topological polar surface area (TPSA) is 67.9 Å². The number of hydrogen-bond acceptors (Lipinski definition) is 4. The summed E-state index contributed by atoms with van der Waals surface area (Å²) in [5, 5.41) is 2.92. The van der Waals surface area contributed by atoms with Crippen LogP contribution in [0.3, 0.4) is 0 Å². The molecule has 0 saturated carbocycles. The number of carbonyl (C=O) groups is 2. The molecule has 0 aromatic heterocycles. The van der Waals surface area contributed by atoms with E-state index >= 15 is 0 Å². The number of amides is 2. The van der Waals surface area contributed by atoms with Crippen LogP contribution in [0.15, 0.2) is 30.3 Å². The number of nitrogens with one attached hydrogen (secondary N) is 1. The molecule has 1 aromatic rings. The predicted octanol–water partition coefficient (Wildman–Crippen LogP) is 3.95. The Kier molecular flexibility index (Phi) is 6.89. The minimum Gasteiger partial charge on any atom is -0.445 e. The normalized spacial score (nSPS) is 19.9. The second-order valence-corrected chi connectivity index (χ2v) is 7.75. The van der Waals surface area contributed by atoms with Gasteiger partial charge in [0.05, 0.1) is 6.04 Å². The molecule has 1 aliphatic rings. The van der Waals surface area contributed by atoms with Gasteiger partial charge >= 0.3 is 12.2 Å². The van der Waals surface area contributed by atoms with E-state index in [1.807, 2.05) is 51.1 Å². The second kappa shape index (κ2) is 8.92. The molecule has 0 aliphatic carbocycles. The van der Waals surface area contributed by atoms with Crippen LogP contribution < -0.4 is 5.32 Å². The molecule has 26 heavy (non-hydrogen) atoms. The maximum absolute atomic E-state index is 12.4. The summed E-state index contributed by atoms with van der Waals surface area (Å²) in [5.41, 5.74) is 0.408. The molecule has 2 rings (SSSR count). The fourth-order valence-corrected chi connectivity index (χ4v) is 3.12. The number of nitrogens with zero attached hydrogens (tertiary/aromatic N) is 1. The molecule has 0 radical (unpaired) electrons. The lowest BCUT2D eigenvalue weighted by atomic mass is 9.98. The molecule has 6 heteroatoms. The van der Waals surface area contributed by atoms with Crippen LogP contribution in [0.25, 0.3) is 0 Å². The summed E-state index contributed by atoms with van der Waals surface area (Å²) in [6.07, 6.45) is 1.14. The third kappa shape index (κ3) is 6.24. The summed E-state index contributed by atoms with van der Waals surface area (Å²) < 4.78 is 10.8. The van der Waals surface area contributed by atoms with E-state index in [1.54, 1.807) is 4.90 Å². The van der Waals surface area contributed by atoms with Crippen LogP contribution in [0, 0.1) is 5.92 Å². The molecule has 2 amide bonds. The number of benzene rings is 1. The fraction of sp³-hybridized carbons (Fsp3) is 0.600. The molecule has 144 valence electrons. The van der Waals surface area contributed by atoms with Crippen molar-refractivity contribution in [1.29, 1.82) is 0 Å². The molecule has 1 N–H and O–H groups in total. The van der Waals surface area contributed by atoms with Crippen molar-refractivity contribution in [2.75, 3.05) is 13.1 Å². The Bertz CT molecular complexity index is 598. The Morgan fingerprint density at radius 1 is 1.19 bits per heavy atom. The zero-order chi connectivity index (χ0) is 19.2. The monoisotopic (exact) mass is 362 g/mol. The van der Waals surface area contributed by atoms with Crippen molar-refractivity contribution in [3.63, 3.8) is 0 Å². The van der Waals surface area contributed by atoms with E-state index < -0.39 is 11.7 Å². The zero-order valence-corrected chi connectivity index (χ0v) is 16.2. The quantitative estimate of drug-likeness (QED) is 0.861. The molecule has 1 aromatic carbocycles. The highest BCUT2D eigenvalue weighted by atomic mass is 16.6. The summed E-state index contributed by atoms with van der Waals surface area (Å²) >= 11 is 0. The van der Waals surface area contributed by atoms with Crippen molar-refractivity contribution >= 4 is 12.2 Å². The van der Waals surface area contributed by atoms with Gasteiger partial charge in [0.25, 0.3) is 0 Å². The lowest BCUT2D eigenvalue weighted by Gasteiger charge is -2.23. The number of rotatable bonds is 5. The molecule has 1 fully saturated rings. The summed E-state index contributed by atoms with van der Waals surface area (Å²) in [4.78, 5) is 26.1. The standard InChI is InChI=1S/C20H30N2O4/c1-5-9-16-12-22(13-17(16)21-18(23)26-20(2,3)4)19(24)25-14-15-10-7-6-8-11-15/h6-8,10-11,16-17H,5,9,12-14H2,1-4H3,(H,21,23). The van der Waals surface area contributed by atoms with Gasteiger partial charge in [0, 0.05) is 13.1 Å². The minimum atomic E-state index is -0.544. The molecule has 2 unspecified atom stereocenters. The number of alkyl carbamates (subject to hydrolysis) is 1. The fourth-order valence-electron chi connectivity index (χ4n) is 3.12. The number of carbonyl (C=O) groups excluding carboxylic acids is 2. The van der Waals surface area contributed by atoms with Gasteiger partial charge in [-0.05, 0) is 38.7 Å². The van der Waals surface area contributed by atoms with Crippen LogP contribution in [0.5, 0.6) is 0 Å². The third-order valence-electron chi connectivity index (χ3n) is 4.27. The van der Waals surface area contributed by atoms with Gasteiger partial charge in [-0.1, -0.05) is 43.7 Å². The largest absolute Gasteiger partial charge is 0.445 e. The summed E-state index contributed by atoms with van der Waals surface area (Å²) in [6, 6.07) is 9.48. The maximum atomic E-state index is 12.4. The molecule has 0 bridgehead atoms. The number of ether oxygens (including phenoxy) is 2. The van der Waals surface area contributed by atoms with Crippen molar-refractivity contribution in [3.8, 4) is 0 Å². The van der Waals surface area contributed by atoms with Crippen molar-refractivity contribution < 1.29 is 19.1 Å². The van der Waals surface area contributed by atoms with Crippen LogP contribution in [-0.4, -0.2) is 41.8 Å². The van der Waals surface area contributed by atoms with E-state index in [0.29, 0.717) is 13.1 Å². The van der Waals surface area contributed by atoms with Gasteiger partial charge in [-0.25, -0.2) is 9.59 Å². The Morgan fingerprint density at radius 2 is 1.88 bits per heavy atom. The van der Waals surface area contributed by atoms with Crippen LogP contribution in [-0.2, 0) is 16.1 Å². The smallest absolute Gasteiger partial charge is 0.410 e. The van der Waals surface area contributed by atoms with Gasteiger partial charge in [0.2, 0.25) is 0 Å². The van der Waals surface area contributed by atoms with E-state index in [0.717, 1.165) is 18.4 Å². The van der Waals surface area contributed by atoms with Gasteiger partial charge in [-0.15, -0.1) is 0 Å². The molecule has 1 aliphatic heterocycles. The highest BCUT2D eigenvalue weighted by Gasteiger charge is 2.37. The average molecular weight is 362 g/mol. The van der Waals surface area contributed by atoms with E-state index in [9.17, 15) is 9.59 Å². The zero-order valence-electron chi connectivity index (χ0n) is 16.2. The first-order valence-corrected chi connectivity index (χ1v) is 9.23. The molecule has 1 saturated heterocycles. The van der Waals surface area contributed by atoms with Crippen molar-refractivity contribution in [2.45, 2.75) is 58.8 Å². The van der Waals surface area contributed by atoms with Crippen molar-refractivity contribution in [3.05, 3.63) is 35.9 Å². The average Bonchev–Trinajstić information content (AvgIpc) is 2.95. The van der Waals surface area contributed by atoms with Crippen LogP contribution in [0.2, 0.25) is 0 Å². The molecule has 2 atom stereocenters. The van der Waals surface area contributed by atoms with E-state index in [1.165, 1.54) is 0 Å². The lowest BCUT2D eigenvalue weighted by Crippen LogP contribution is -2.43. The number of hydrogen-bond donors (Lipinski definition) is 1. The molecule has 0 spiro atoms. The Balaban J connectivity index is 1.90. The third-order valence-corrected chi connectivity index (χ3v) is 4.27. The van der Waals surface area contributed by atoms with E-state index in [4.69, 9.17) is 9.47 Å². The Morgan fingerprint density at radius 3 is 2.50 bits per heavy atom. The van der Waals surface area contributed by atoms with Gasteiger partial charge in [-0.2, -0.15) is 0 Å². The van der Waals surface area contributed by atoms with Gasteiger partial charge in [0.1, 0.15) is 12.2 Å². The first-order chi connectivity index (χ1) is 12.3. The van der Waals surface area contributed by atoms with Gasteiger partial charge < -0.3 is 19.7 Å². The second-order valence-electron chi connectivity index (χ2n) is 7.75. The van der Waals surface area contributed by atoms with Gasteiger partial charge in [0.15, 0.2) is 0 Å². The lowest BCUT2D eigenvalue weighted by molar-refractivity contribution is 0.0492. The summed E-state index contributed by atoms with van der Waals surface area (Å²) in [7, 11) is 0. The first-order valence-electron chi connectivity index (χ1n) is 9.23. The molecule has 1 heterocycles. The van der Waals surface area contributed by atoms with E-state index in [2.05, 4.69) is 12.2 Å². The minimum absolute atomic E-state index is 0.117. The first kappa shape index (κ1) is 20.1. The predicted molar refractivity (Wildman–Crippen MR) is 99.8 cm³/mol.